The van der Waals surface area contributed by atoms with Gasteiger partial charge in [0.25, 0.3) is 0 Å². The lowest BCUT2D eigenvalue weighted by Crippen LogP contribution is -2.00. The smallest absolute Gasteiger partial charge is 0.164 e. The van der Waals surface area contributed by atoms with Crippen molar-refractivity contribution in [3.8, 4) is 78.7 Å². The fraction of sp³-hybridized carbons (Fsp3) is 0. The van der Waals surface area contributed by atoms with Crippen LogP contribution in [-0.2, 0) is 0 Å². The summed E-state index contributed by atoms with van der Waals surface area (Å²) in [7, 11) is 0. The zero-order chi connectivity index (χ0) is 36.6. The average molecular weight is 704 g/mol. The maximum absolute atomic E-state index is 6.45. The zero-order valence-corrected chi connectivity index (χ0v) is 29.8. The molecule has 2 aromatic heterocycles. The van der Waals surface area contributed by atoms with Crippen molar-refractivity contribution in [2.24, 2.45) is 0 Å². The Morgan fingerprint density at radius 2 is 0.691 bits per heavy atom. The summed E-state index contributed by atoms with van der Waals surface area (Å²) < 4.78 is 6.45. The number of rotatable bonds is 7. The van der Waals surface area contributed by atoms with Crippen LogP contribution in [0.2, 0.25) is 0 Å². The van der Waals surface area contributed by atoms with E-state index in [-0.39, 0.29) is 0 Å². The van der Waals surface area contributed by atoms with Gasteiger partial charge in [-0.2, -0.15) is 0 Å². The zero-order valence-electron chi connectivity index (χ0n) is 29.8. The minimum Gasteiger partial charge on any atom is -0.456 e. The van der Waals surface area contributed by atoms with Gasteiger partial charge >= 0.3 is 0 Å². The van der Waals surface area contributed by atoms with E-state index in [4.69, 9.17) is 19.4 Å². The number of benzene rings is 8. The Hall–Kier alpha value is -7.43. The maximum atomic E-state index is 6.45. The molecular weight excluding hydrogens is 671 g/mol. The summed E-state index contributed by atoms with van der Waals surface area (Å²) in [5.41, 5.74) is 13.6. The van der Waals surface area contributed by atoms with Crippen LogP contribution in [0.15, 0.2) is 205 Å². The topological polar surface area (TPSA) is 51.8 Å². The van der Waals surface area contributed by atoms with Crippen LogP contribution in [0.1, 0.15) is 0 Å². The van der Waals surface area contributed by atoms with Crippen molar-refractivity contribution in [3.05, 3.63) is 200 Å². The molecule has 0 atom stereocenters. The number of hydrogen-bond acceptors (Lipinski definition) is 4. The molecule has 0 saturated heterocycles. The van der Waals surface area contributed by atoms with E-state index in [0.717, 1.165) is 60.9 Å². The van der Waals surface area contributed by atoms with Crippen LogP contribution in [0.4, 0.5) is 0 Å². The van der Waals surface area contributed by atoms with E-state index in [9.17, 15) is 0 Å². The fourth-order valence-corrected chi connectivity index (χ4v) is 7.37. The predicted octanol–water partition coefficient (Wildman–Crippen LogP) is 13.4. The van der Waals surface area contributed by atoms with Crippen LogP contribution in [0.25, 0.3) is 101 Å². The summed E-state index contributed by atoms with van der Waals surface area (Å²) in [6.45, 7) is 0. The standard InChI is InChI=1S/C51H33N3O/c1-4-13-34(14-5-1)39-19-10-20-40(31-39)36-25-27-37(28-26-36)42-29-30-46-45(33-42)48-44(23-12-24-47(48)55-46)51-53-49(38-17-8-3-9-18-38)52-50(54-51)43-22-11-21-41(32-43)35-15-6-2-7-16-35/h1-33H. The van der Waals surface area contributed by atoms with Gasteiger partial charge in [-0.15, -0.1) is 0 Å². The number of aromatic nitrogens is 3. The van der Waals surface area contributed by atoms with Gasteiger partial charge in [-0.1, -0.05) is 170 Å². The summed E-state index contributed by atoms with van der Waals surface area (Å²) in [6.07, 6.45) is 0. The highest BCUT2D eigenvalue weighted by atomic mass is 16.3. The third-order valence-corrected chi connectivity index (χ3v) is 10.2. The van der Waals surface area contributed by atoms with Crippen LogP contribution >= 0.6 is 0 Å². The molecule has 0 saturated carbocycles. The van der Waals surface area contributed by atoms with Gasteiger partial charge in [0, 0.05) is 27.5 Å². The Labute approximate surface area is 319 Å². The largest absolute Gasteiger partial charge is 0.456 e. The van der Waals surface area contributed by atoms with E-state index in [0.29, 0.717) is 17.5 Å². The molecule has 10 aromatic rings. The lowest BCUT2D eigenvalue weighted by molar-refractivity contribution is 0.669. The third-order valence-electron chi connectivity index (χ3n) is 10.2. The molecule has 0 aliphatic carbocycles. The van der Waals surface area contributed by atoms with Crippen molar-refractivity contribution < 1.29 is 4.42 Å². The SMILES string of the molecule is c1ccc(-c2cccc(-c3ccc(-c4ccc5oc6cccc(-c7nc(-c8ccccc8)nc(-c8cccc(-c9ccccc9)c8)n7)c6c5c4)cc3)c2)cc1. The Kier molecular flexibility index (Phi) is 8.12. The van der Waals surface area contributed by atoms with Crippen LogP contribution in [0.5, 0.6) is 0 Å². The summed E-state index contributed by atoms with van der Waals surface area (Å²) >= 11 is 0. The Balaban J connectivity index is 1.07. The van der Waals surface area contributed by atoms with Gasteiger partial charge < -0.3 is 4.42 Å². The molecule has 0 unspecified atom stereocenters. The second-order valence-electron chi connectivity index (χ2n) is 13.6. The van der Waals surface area contributed by atoms with Crippen LogP contribution in [0.3, 0.4) is 0 Å². The summed E-state index contributed by atoms with van der Waals surface area (Å²) in [4.78, 5) is 15.3. The molecule has 2 heterocycles. The summed E-state index contributed by atoms with van der Waals surface area (Å²) in [5, 5.41) is 1.99. The van der Waals surface area contributed by atoms with Crippen LogP contribution in [0, 0.1) is 0 Å². The van der Waals surface area contributed by atoms with Crippen LogP contribution in [-0.4, -0.2) is 15.0 Å². The molecule has 55 heavy (non-hydrogen) atoms. The Morgan fingerprint density at radius 1 is 0.273 bits per heavy atom. The lowest BCUT2D eigenvalue weighted by Gasteiger charge is -2.10. The van der Waals surface area contributed by atoms with Gasteiger partial charge in [-0.25, -0.2) is 15.0 Å². The average Bonchev–Trinajstić information content (AvgIpc) is 3.66. The van der Waals surface area contributed by atoms with E-state index in [2.05, 4.69) is 146 Å². The maximum Gasteiger partial charge on any atom is 0.164 e. The number of fused-ring (bicyclic) bond motifs is 3. The third kappa shape index (κ3) is 6.26. The molecule has 0 N–H and O–H groups in total. The fourth-order valence-electron chi connectivity index (χ4n) is 7.37. The van der Waals surface area contributed by atoms with Crippen LogP contribution < -0.4 is 0 Å². The number of hydrogen-bond donors (Lipinski definition) is 0. The van der Waals surface area contributed by atoms with Gasteiger partial charge in [-0.05, 0) is 74.8 Å². The molecule has 0 spiro atoms. The monoisotopic (exact) mass is 703 g/mol. The number of nitrogens with zero attached hydrogens (tertiary/aromatic N) is 3. The van der Waals surface area contributed by atoms with Crippen molar-refractivity contribution in [1.82, 2.24) is 15.0 Å². The van der Waals surface area contributed by atoms with E-state index in [1.807, 2.05) is 54.6 Å². The van der Waals surface area contributed by atoms with E-state index in [1.165, 1.54) is 22.3 Å². The van der Waals surface area contributed by atoms with Gasteiger partial charge in [-0.3, -0.25) is 0 Å². The predicted molar refractivity (Wildman–Crippen MR) is 225 cm³/mol. The van der Waals surface area contributed by atoms with Gasteiger partial charge in [0.05, 0.1) is 0 Å². The first-order valence-electron chi connectivity index (χ1n) is 18.4. The van der Waals surface area contributed by atoms with Gasteiger partial charge in [0.15, 0.2) is 17.5 Å². The Morgan fingerprint density at radius 3 is 1.29 bits per heavy atom. The molecule has 4 nitrogen and oxygen atoms in total. The van der Waals surface area contributed by atoms with Crippen molar-refractivity contribution in [3.63, 3.8) is 0 Å². The first-order chi connectivity index (χ1) is 27.2. The second-order valence-corrected chi connectivity index (χ2v) is 13.6. The highest BCUT2D eigenvalue weighted by molar-refractivity contribution is 6.12. The summed E-state index contributed by atoms with van der Waals surface area (Å²) in [6, 6.07) is 69.4. The normalized spacial score (nSPS) is 11.3. The molecule has 0 bridgehead atoms. The first-order valence-corrected chi connectivity index (χ1v) is 18.4. The van der Waals surface area contributed by atoms with Crippen molar-refractivity contribution >= 4 is 21.9 Å². The lowest BCUT2D eigenvalue weighted by atomic mass is 9.96. The first kappa shape index (κ1) is 32.2. The molecule has 8 aromatic carbocycles. The molecule has 10 rings (SSSR count). The van der Waals surface area contributed by atoms with E-state index >= 15 is 0 Å². The highest BCUT2D eigenvalue weighted by Gasteiger charge is 2.19. The van der Waals surface area contributed by atoms with E-state index < -0.39 is 0 Å². The molecule has 0 aliphatic rings. The summed E-state index contributed by atoms with van der Waals surface area (Å²) in [5.74, 6) is 1.82. The Bertz CT molecular complexity index is 2950. The molecule has 0 radical (unpaired) electrons. The molecule has 0 amide bonds. The van der Waals surface area contributed by atoms with Crippen molar-refractivity contribution in [1.29, 1.82) is 0 Å². The van der Waals surface area contributed by atoms with Crippen molar-refractivity contribution in [2.75, 3.05) is 0 Å². The molecule has 4 heteroatoms. The molecule has 0 aliphatic heterocycles. The minimum atomic E-state index is 0.592. The molecule has 258 valence electrons. The molecule has 0 fully saturated rings. The second kappa shape index (κ2) is 13.8. The van der Waals surface area contributed by atoms with E-state index in [1.54, 1.807) is 0 Å². The molecular formula is C51H33N3O. The number of furan rings is 1. The van der Waals surface area contributed by atoms with Gasteiger partial charge in [0.2, 0.25) is 0 Å². The highest BCUT2D eigenvalue weighted by Crippen LogP contribution is 2.39. The van der Waals surface area contributed by atoms with Crippen molar-refractivity contribution in [2.45, 2.75) is 0 Å². The minimum absolute atomic E-state index is 0.592. The van der Waals surface area contributed by atoms with Gasteiger partial charge in [0.1, 0.15) is 11.2 Å². The quantitative estimate of drug-likeness (QED) is 0.166.